The zero-order chi connectivity index (χ0) is 69.2. The second-order valence-electron chi connectivity index (χ2n) is 28.8. The standard InChI is InChI=1S/C62H109NO22SSi7/c1-45(2)39-87(71-19)77-89(41-47(5)6)79-88(40-46(3)4)76-62(51(13)14,93(70)84-91(78-87,43-49(9)10)82-90(81-89,42-48(7)8)83-92(80-88,85-93)44-50(11)12)86-38-20-31-63(32-29-56(64)74-36-34-72-54-25-21-52(22-26-54)58(66)60(15,16)68)33-30-57(65)75-37-35-73-55-27-23-53(24-28-55)59(67)61(17,18)69/h21-28,45-51,68-70H,20,29-44H2,1-19H3. The zero-order valence-electron chi connectivity index (χ0n) is 58.6. The van der Waals surface area contributed by atoms with Gasteiger partial charge in [0.2, 0.25) is 0 Å². The molecule has 93 heavy (non-hydrogen) atoms. The highest BCUT2D eigenvalue weighted by Gasteiger charge is 2.84. The molecule has 23 nitrogen and oxygen atoms in total. The van der Waals surface area contributed by atoms with Crippen LogP contribution in [0.5, 0.6) is 11.5 Å². The van der Waals surface area contributed by atoms with Crippen LogP contribution in [-0.4, -0.2) is 180 Å². The van der Waals surface area contributed by atoms with Crippen molar-refractivity contribution in [2.24, 2.45) is 41.4 Å². The predicted molar refractivity (Wildman–Crippen MR) is 366 cm³/mol. The molecular weight excluding hydrogens is 1340 g/mol. The summed E-state index contributed by atoms with van der Waals surface area (Å²) in [5.41, 5.74) is -2.40. The Balaban J connectivity index is 1.33. The van der Waals surface area contributed by atoms with Crippen LogP contribution in [0.2, 0.25) is 36.3 Å². The zero-order valence-corrected chi connectivity index (χ0v) is 66.5. The van der Waals surface area contributed by atoms with Crippen LogP contribution in [0.3, 0.4) is 0 Å². The van der Waals surface area contributed by atoms with Crippen molar-refractivity contribution in [3.05, 3.63) is 59.7 Å². The molecule has 4 saturated heterocycles. The first-order valence-corrected chi connectivity index (χ1v) is 47.5. The van der Waals surface area contributed by atoms with Gasteiger partial charge in [-0.2, -0.15) is 0 Å². The number of carbonyl (C=O) groups is 4. The van der Waals surface area contributed by atoms with Crippen molar-refractivity contribution >= 4 is 96.9 Å². The highest BCUT2D eigenvalue weighted by molar-refractivity contribution is 8.02. The van der Waals surface area contributed by atoms with Crippen molar-refractivity contribution in [1.29, 1.82) is 0 Å². The first-order chi connectivity index (χ1) is 43.2. The molecule has 31 heteroatoms. The topological polar surface area (TPSA) is 271 Å². The van der Waals surface area contributed by atoms with E-state index in [4.69, 9.17) is 64.8 Å². The van der Waals surface area contributed by atoms with E-state index in [1.54, 1.807) is 55.6 Å². The number of Topliss-reactive ketones (excluding diaryl/α,β-unsaturated/α-hetero) is 2. The fraction of sp³-hybridized carbons (Fsp3) is 0.742. The number of nitrogens with zero attached hydrogens (tertiary/aromatic N) is 1. The van der Waals surface area contributed by atoms with Crippen molar-refractivity contribution in [3.8, 4) is 11.5 Å². The Labute approximate surface area is 565 Å². The number of thioether (sulfide) groups is 1. The van der Waals surface area contributed by atoms with Crippen molar-refractivity contribution in [2.45, 2.75) is 196 Å². The fourth-order valence-corrected chi connectivity index (χ4v) is 56.0. The van der Waals surface area contributed by atoms with Gasteiger partial charge in [-0.15, -0.1) is 11.8 Å². The average molecular weight is 1450 g/mol. The van der Waals surface area contributed by atoms with E-state index in [0.29, 0.717) is 59.5 Å². The number of esters is 2. The molecule has 3 N–H and O–H groups in total. The molecule has 2 aromatic carbocycles. The van der Waals surface area contributed by atoms with Gasteiger partial charge in [0.25, 0.3) is 0 Å². The molecule has 0 saturated carbocycles. The van der Waals surface area contributed by atoms with Crippen LogP contribution in [0.1, 0.15) is 165 Å². The Hall–Kier alpha value is -2.41. The second-order valence-corrected chi connectivity index (χ2v) is 51.0. The van der Waals surface area contributed by atoms with Gasteiger partial charge in [0.05, 0.1) is 12.8 Å². The molecular formula is C62H109NO22SSi7. The van der Waals surface area contributed by atoms with E-state index in [-0.39, 0.29) is 106 Å². The van der Waals surface area contributed by atoms with Gasteiger partial charge in [-0.05, 0) is 136 Å². The first-order valence-electron chi connectivity index (χ1n) is 33.1. The molecule has 2 aromatic rings. The normalized spacial score (nSPS) is 28.3. The number of ketones is 2. The third kappa shape index (κ3) is 21.8. The van der Waals surface area contributed by atoms with Crippen molar-refractivity contribution in [3.63, 3.8) is 0 Å². The van der Waals surface area contributed by atoms with Gasteiger partial charge in [-0.3, -0.25) is 19.2 Å². The van der Waals surface area contributed by atoms with Crippen molar-refractivity contribution in [2.75, 3.05) is 58.9 Å². The van der Waals surface area contributed by atoms with Crippen LogP contribution in [-0.2, 0) is 65.0 Å². The Kier molecular flexibility index (Phi) is 28.0. The van der Waals surface area contributed by atoms with E-state index in [1.165, 1.54) is 39.5 Å². The number of fused-ring (bicyclic) bond motifs is 4. The van der Waals surface area contributed by atoms with Gasteiger partial charge in [-0.1, -0.05) is 96.9 Å². The lowest BCUT2D eigenvalue weighted by Gasteiger charge is -2.57. The minimum Gasteiger partial charge on any atom is -0.490 e. The molecule has 0 aromatic heterocycles. The van der Waals surface area contributed by atoms with E-state index < -0.39 is 107 Å². The molecule has 6 rings (SSSR count). The molecule has 4 aliphatic rings. The summed E-state index contributed by atoms with van der Waals surface area (Å²) in [7, 11) is -29.0. The second kappa shape index (κ2) is 32.7. The van der Waals surface area contributed by atoms with Gasteiger partial charge in [0.15, 0.2) is 16.1 Å². The van der Waals surface area contributed by atoms with Gasteiger partial charge in [-0.25, -0.2) is 0 Å². The molecule has 4 aliphatic heterocycles. The van der Waals surface area contributed by atoms with E-state index in [1.807, 2.05) is 18.7 Å². The number of benzene rings is 2. The highest BCUT2D eigenvalue weighted by Crippen LogP contribution is 2.58. The summed E-state index contributed by atoms with van der Waals surface area (Å²) in [4.78, 5) is 68.5. The van der Waals surface area contributed by atoms with E-state index in [2.05, 4.69) is 83.1 Å². The maximum atomic E-state index is 14.5. The fourth-order valence-electron chi connectivity index (χ4n) is 11.7. The van der Waals surface area contributed by atoms with Gasteiger partial charge in [0.1, 0.15) is 49.1 Å². The van der Waals surface area contributed by atoms with Crippen LogP contribution < -0.4 is 9.47 Å². The molecule has 0 amide bonds. The van der Waals surface area contributed by atoms with Gasteiger partial charge in [0, 0.05) is 67.6 Å². The quantitative estimate of drug-likeness (QED) is 0.0245. The maximum Gasteiger partial charge on any atom is 0.527 e. The third-order valence-corrected chi connectivity index (χ3v) is 51.2. The monoisotopic (exact) mass is 1450 g/mol. The lowest BCUT2D eigenvalue weighted by molar-refractivity contribution is -0.145. The first kappa shape index (κ1) is 79.6. The van der Waals surface area contributed by atoms with Crippen molar-refractivity contribution in [1.82, 2.24) is 4.90 Å². The average Bonchev–Trinajstić information content (AvgIpc) is 1.61. The molecule has 0 radical (unpaired) electrons. The van der Waals surface area contributed by atoms with Crippen LogP contribution in [0.15, 0.2) is 48.5 Å². The minimum absolute atomic E-state index is 0.00532. The molecule has 528 valence electrons. The maximum absolute atomic E-state index is 14.5. The molecule has 8 unspecified atom stereocenters. The van der Waals surface area contributed by atoms with Crippen LogP contribution in [0.25, 0.3) is 0 Å². The molecule has 6 bridgehead atoms. The number of rotatable bonds is 37. The van der Waals surface area contributed by atoms with Crippen LogP contribution >= 0.6 is 11.8 Å². The van der Waals surface area contributed by atoms with Crippen molar-refractivity contribution < 1.29 is 99.0 Å². The molecule has 4 fully saturated rings. The molecule has 8 atom stereocenters. The van der Waals surface area contributed by atoms with Crippen LogP contribution in [0.4, 0.5) is 0 Å². The Morgan fingerprint density at radius 3 is 1.19 bits per heavy atom. The van der Waals surface area contributed by atoms with Gasteiger partial charge >= 0.3 is 73.6 Å². The largest absolute Gasteiger partial charge is 0.527 e. The molecule has 4 heterocycles. The smallest absolute Gasteiger partial charge is 0.490 e. The third-order valence-electron chi connectivity index (χ3n) is 15.3. The summed E-state index contributed by atoms with van der Waals surface area (Å²) in [5.74, 6) is -1.46. The summed E-state index contributed by atoms with van der Waals surface area (Å²) in [6, 6.07) is 14.4. The highest BCUT2D eigenvalue weighted by atomic mass is 32.2. The summed E-state index contributed by atoms with van der Waals surface area (Å²) < 4.78 is 106. The van der Waals surface area contributed by atoms with Gasteiger partial charge < -0.3 is 84.7 Å². The Morgan fingerprint density at radius 2 is 0.839 bits per heavy atom. The number of ether oxygens (including phenoxy) is 4. The molecule has 0 aliphatic carbocycles. The van der Waals surface area contributed by atoms with E-state index in [0.717, 1.165) is 0 Å². The number of aliphatic hydroxyl groups is 2. The summed E-state index contributed by atoms with van der Waals surface area (Å²) in [5, 5.41) is 20.3. The number of hydrogen-bond donors (Lipinski definition) is 3. The summed E-state index contributed by atoms with van der Waals surface area (Å²) in [6.07, 6.45) is 0.387. The lowest BCUT2D eigenvalue weighted by atomic mass is 9.97. The number of hydrogen-bond acceptors (Lipinski definition) is 24. The lowest BCUT2D eigenvalue weighted by Crippen LogP contribution is -2.82. The Morgan fingerprint density at radius 1 is 0.495 bits per heavy atom. The summed E-state index contributed by atoms with van der Waals surface area (Å²) >= 11 is 1.37. The minimum atomic E-state index is -5.06. The summed E-state index contributed by atoms with van der Waals surface area (Å²) in [6.45, 7) is 35.3. The number of carbonyl (C=O) groups excluding carboxylic acids is 4. The van der Waals surface area contributed by atoms with E-state index >= 15 is 0 Å². The SMILES string of the molecule is CO[Si]1(CC(C)C)O[Si]2(CC(C)C)O[Si]3(CC(C)C)OC(SCCCN(CCC(=O)OCCOc4ccc(C(=O)C(C)(C)O)cc4)CCC(=O)OCCOc4ccc(C(=O)C(C)(C)O)cc4)(C(C)C)[Si]4(O)O[Si](CC(C)C)(O1)O[Si](CC(C)C)(O2)O[Si](CC(C)C)(O3)O4. The molecule has 0 spiro atoms. The Bertz CT molecular complexity index is 2690. The van der Waals surface area contributed by atoms with Crippen LogP contribution in [0, 0.1) is 41.4 Å². The predicted octanol–water partition coefficient (Wildman–Crippen LogP) is 10.6. The van der Waals surface area contributed by atoms with E-state index in [9.17, 15) is 34.2 Å².